The summed E-state index contributed by atoms with van der Waals surface area (Å²) < 4.78 is 2.29. The van der Waals surface area contributed by atoms with Crippen molar-refractivity contribution in [3.05, 3.63) is 10.3 Å². The molecule has 5 nitrogen and oxygen atoms in total. The van der Waals surface area contributed by atoms with Gasteiger partial charge in [0.15, 0.2) is 4.60 Å². The number of rotatable bonds is 4. The summed E-state index contributed by atoms with van der Waals surface area (Å²) in [5.74, 6) is 0. The Kier molecular flexibility index (Phi) is 4.08. The molecular weight excluding hydrogens is 296 g/mol. The predicted octanol–water partition coefficient (Wildman–Crippen LogP) is 1.88. The van der Waals surface area contributed by atoms with E-state index in [2.05, 4.69) is 45.0 Å². The van der Waals surface area contributed by atoms with Crippen molar-refractivity contribution in [2.75, 3.05) is 13.1 Å². The highest BCUT2D eigenvalue weighted by atomic mass is 79.9. The van der Waals surface area contributed by atoms with Crippen LogP contribution in [0.4, 0.5) is 0 Å². The number of likely N-dealkylation sites (tertiary alicyclic amines) is 1. The number of aryl methyl sites for hydroxylation is 1. The fourth-order valence-electron chi connectivity index (χ4n) is 2.74. The molecule has 0 radical (unpaired) electrons. The van der Waals surface area contributed by atoms with Crippen molar-refractivity contribution in [3.8, 4) is 0 Å². The Morgan fingerprint density at radius 2 is 2.06 bits per heavy atom. The molecule has 18 heavy (non-hydrogen) atoms. The second-order valence-corrected chi connectivity index (χ2v) is 5.95. The SMILES string of the molecule is CCC(C)(C(O)c1c(Br)nnn1C)N1CCCC1. The Balaban J connectivity index is 2.32. The van der Waals surface area contributed by atoms with Crippen LogP contribution in [0.1, 0.15) is 44.9 Å². The standard InChI is InChI=1S/C12H21BrN4O/c1-4-12(2,17-7-5-6-8-17)10(18)9-11(13)14-15-16(9)3/h10,18H,4-8H2,1-3H3. The van der Waals surface area contributed by atoms with Gasteiger partial charge in [0.25, 0.3) is 0 Å². The van der Waals surface area contributed by atoms with E-state index in [1.165, 1.54) is 12.8 Å². The van der Waals surface area contributed by atoms with E-state index in [1.807, 2.05) is 7.05 Å². The predicted molar refractivity (Wildman–Crippen MR) is 73.2 cm³/mol. The van der Waals surface area contributed by atoms with Gasteiger partial charge in [-0.2, -0.15) is 0 Å². The zero-order valence-electron chi connectivity index (χ0n) is 11.2. The molecule has 0 aliphatic carbocycles. The molecule has 1 N–H and O–H groups in total. The van der Waals surface area contributed by atoms with Gasteiger partial charge in [-0.15, -0.1) is 5.10 Å². The molecule has 2 rings (SSSR count). The first-order chi connectivity index (χ1) is 8.50. The fourth-order valence-corrected chi connectivity index (χ4v) is 3.29. The lowest BCUT2D eigenvalue weighted by Crippen LogP contribution is -2.49. The minimum absolute atomic E-state index is 0.255. The third-order valence-corrected chi connectivity index (χ3v) is 4.78. The topological polar surface area (TPSA) is 54.2 Å². The number of aromatic nitrogens is 3. The average Bonchev–Trinajstić information content (AvgIpc) is 2.98. The molecule has 1 aromatic rings. The monoisotopic (exact) mass is 316 g/mol. The largest absolute Gasteiger partial charge is 0.385 e. The van der Waals surface area contributed by atoms with E-state index in [0.29, 0.717) is 4.60 Å². The molecule has 2 unspecified atom stereocenters. The number of hydrogen-bond acceptors (Lipinski definition) is 4. The maximum absolute atomic E-state index is 10.8. The minimum Gasteiger partial charge on any atom is -0.385 e. The lowest BCUT2D eigenvalue weighted by Gasteiger charge is -2.41. The summed E-state index contributed by atoms with van der Waals surface area (Å²) >= 11 is 3.37. The highest BCUT2D eigenvalue weighted by Gasteiger charge is 2.41. The van der Waals surface area contributed by atoms with Crippen LogP contribution in [0, 0.1) is 0 Å². The van der Waals surface area contributed by atoms with Crippen LogP contribution in [-0.4, -0.2) is 43.6 Å². The van der Waals surface area contributed by atoms with Gasteiger partial charge in [0.2, 0.25) is 0 Å². The molecule has 1 aromatic heterocycles. The highest BCUT2D eigenvalue weighted by molar-refractivity contribution is 9.10. The van der Waals surface area contributed by atoms with E-state index >= 15 is 0 Å². The fraction of sp³-hybridized carbons (Fsp3) is 0.833. The van der Waals surface area contributed by atoms with Crippen LogP contribution in [0.15, 0.2) is 4.60 Å². The summed E-state index contributed by atoms with van der Waals surface area (Å²) in [6.07, 6.45) is 2.74. The Hall–Kier alpha value is -0.460. The summed E-state index contributed by atoms with van der Waals surface area (Å²) in [5, 5.41) is 18.7. The molecule has 6 heteroatoms. The molecule has 1 aliphatic rings. The van der Waals surface area contributed by atoms with E-state index in [-0.39, 0.29) is 5.54 Å². The minimum atomic E-state index is -0.588. The smallest absolute Gasteiger partial charge is 0.154 e. The molecule has 2 atom stereocenters. The molecule has 2 heterocycles. The van der Waals surface area contributed by atoms with Crippen molar-refractivity contribution < 1.29 is 5.11 Å². The first-order valence-corrected chi connectivity index (χ1v) is 7.28. The summed E-state index contributed by atoms with van der Waals surface area (Å²) in [7, 11) is 1.82. The molecule has 102 valence electrons. The van der Waals surface area contributed by atoms with E-state index in [0.717, 1.165) is 25.2 Å². The van der Waals surface area contributed by atoms with Crippen LogP contribution < -0.4 is 0 Å². The second kappa shape index (κ2) is 5.27. The van der Waals surface area contributed by atoms with Crippen LogP contribution in [0.5, 0.6) is 0 Å². The number of halogens is 1. The van der Waals surface area contributed by atoms with Gasteiger partial charge in [0.1, 0.15) is 11.8 Å². The molecule has 0 aromatic carbocycles. The van der Waals surface area contributed by atoms with E-state index in [9.17, 15) is 5.11 Å². The lowest BCUT2D eigenvalue weighted by atomic mass is 9.88. The van der Waals surface area contributed by atoms with Crippen LogP contribution in [-0.2, 0) is 7.05 Å². The third kappa shape index (κ3) is 2.21. The molecule has 1 saturated heterocycles. The number of hydrogen-bond donors (Lipinski definition) is 1. The van der Waals surface area contributed by atoms with Crippen molar-refractivity contribution in [3.63, 3.8) is 0 Å². The average molecular weight is 317 g/mol. The van der Waals surface area contributed by atoms with E-state index < -0.39 is 6.10 Å². The Labute approximate surface area is 116 Å². The van der Waals surface area contributed by atoms with Gasteiger partial charge in [-0.05, 0) is 55.2 Å². The molecule has 0 amide bonds. The van der Waals surface area contributed by atoms with Gasteiger partial charge < -0.3 is 5.11 Å². The van der Waals surface area contributed by atoms with Crippen LogP contribution in [0.3, 0.4) is 0 Å². The van der Waals surface area contributed by atoms with E-state index in [1.54, 1.807) is 4.68 Å². The van der Waals surface area contributed by atoms with Gasteiger partial charge >= 0.3 is 0 Å². The number of nitrogens with zero attached hydrogens (tertiary/aromatic N) is 4. The van der Waals surface area contributed by atoms with Crippen molar-refractivity contribution >= 4 is 15.9 Å². The van der Waals surface area contributed by atoms with Crippen molar-refractivity contribution in [2.24, 2.45) is 7.05 Å². The van der Waals surface area contributed by atoms with Gasteiger partial charge in [-0.3, -0.25) is 4.90 Å². The summed E-state index contributed by atoms with van der Waals surface area (Å²) in [5.41, 5.74) is 0.500. The van der Waals surface area contributed by atoms with Gasteiger partial charge in [0, 0.05) is 12.6 Å². The van der Waals surface area contributed by atoms with E-state index in [4.69, 9.17) is 0 Å². The first kappa shape index (κ1) is 14.0. The number of aliphatic hydroxyl groups excluding tert-OH is 1. The van der Waals surface area contributed by atoms with Crippen molar-refractivity contribution in [2.45, 2.75) is 44.8 Å². The van der Waals surface area contributed by atoms with Gasteiger partial charge in [0.05, 0.1) is 0 Å². The Morgan fingerprint density at radius 1 is 1.44 bits per heavy atom. The normalized spacial score (nSPS) is 22.1. The molecular formula is C12H21BrN4O. The molecule has 0 spiro atoms. The van der Waals surface area contributed by atoms with Crippen LogP contribution in [0.25, 0.3) is 0 Å². The lowest BCUT2D eigenvalue weighted by molar-refractivity contribution is -0.0187. The zero-order valence-corrected chi connectivity index (χ0v) is 12.8. The first-order valence-electron chi connectivity index (χ1n) is 6.49. The van der Waals surface area contributed by atoms with Crippen LogP contribution in [0.2, 0.25) is 0 Å². The summed E-state index contributed by atoms with van der Waals surface area (Å²) in [6.45, 7) is 6.37. The highest BCUT2D eigenvalue weighted by Crippen LogP contribution is 2.37. The zero-order chi connectivity index (χ0) is 13.3. The van der Waals surface area contributed by atoms with Gasteiger partial charge in [-0.1, -0.05) is 12.1 Å². The number of aliphatic hydroxyl groups is 1. The Morgan fingerprint density at radius 3 is 2.50 bits per heavy atom. The summed E-state index contributed by atoms with van der Waals surface area (Å²) in [4.78, 5) is 2.39. The molecule has 0 saturated carbocycles. The second-order valence-electron chi connectivity index (χ2n) is 5.20. The molecule has 1 fully saturated rings. The van der Waals surface area contributed by atoms with Crippen LogP contribution >= 0.6 is 15.9 Å². The quantitative estimate of drug-likeness (QED) is 0.921. The molecule has 0 bridgehead atoms. The maximum Gasteiger partial charge on any atom is 0.154 e. The van der Waals surface area contributed by atoms with Crippen molar-refractivity contribution in [1.82, 2.24) is 19.9 Å². The maximum atomic E-state index is 10.8. The van der Waals surface area contributed by atoms with Gasteiger partial charge in [-0.25, -0.2) is 4.68 Å². The Bertz CT molecular complexity index is 397. The third-order valence-electron chi connectivity index (χ3n) is 4.22. The summed E-state index contributed by atoms with van der Waals surface area (Å²) in [6, 6.07) is 0. The van der Waals surface area contributed by atoms with Crippen molar-refractivity contribution in [1.29, 1.82) is 0 Å². The molecule has 1 aliphatic heterocycles.